The van der Waals surface area contributed by atoms with Crippen LogP contribution in [0.1, 0.15) is 25.3 Å². The van der Waals surface area contributed by atoms with Gasteiger partial charge in [0, 0.05) is 11.6 Å². The summed E-state index contributed by atoms with van der Waals surface area (Å²) in [6.45, 7) is 4.28. The molecule has 0 amide bonds. The van der Waals surface area contributed by atoms with Gasteiger partial charge < -0.3 is 15.2 Å². The summed E-state index contributed by atoms with van der Waals surface area (Å²) in [5.41, 5.74) is 0.340. The maximum atomic E-state index is 13.3. The lowest BCUT2D eigenvalue weighted by Gasteiger charge is -2.26. The lowest BCUT2D eigenvalue weighted by Crippen LogP contribution is -2.43. The largest absolute Gasteiger partial charge is 0.493 e. The third kappa shape index (κ3) is 4.27. The van der Waals surface area contributed by atoms with Gasteiger partial charge in [-0.2, -0.15) is 0 Å². The predicted octanol–water partition coefficient (Wildman–Crippen LogP) is 2.26. The van der Waals surface area contributed by atoms with Crippen LogP contribution in [0.5, 0.6) is 5.75 Å². The second kappa shape index (κ2) is 6.71. The van der Waals surface area contributed by atoms with Gasteiger partial charge in [0.1, 0.15) is 11.6 Å². The van der Waals surface area contributed by atoms with Gasteiger partial charge in [-0.25, -0.2) is 4.39 Å². The second-order valence-electron chi connectivity index (χ2n) is 4.83. The van der Waals surface area contributed by atoms with Crippen molar-refractivity contribution >= 4 is 0 Å². The first-order valence-electron chi connectivity index (χ1n) is 6.19. The molecule has 3 nitrogen and oxygen atoms in total. The molecule has 1 rings (SSSR count). The molecule has 18 heavy (non-hydrogen) atoms. The fourth-order valence-corrected chi connectivity index (χ4v) is 1.60. The smallest absolute Gasteiger partial charge is 0.129 e. The van der Waals surface area contributed by atoms with Crippen molar-refractivity contribution in [2.45, 2.75) is 32.2 Å². The first-order chi connectivity index (χ1) is 8.50. The van der Waals surface area contributed by atoms with E-state index >= 15 is 0 Å². The van der Waals surface area contributed by atoms with Crippen LogP contribution in [-0.4, -0.2) is 30.9 Å². The summed E-state index contributed by atoms with van der Waals surface area (Å²) in [5, 5.41) is 12.3. The molecule has 1 aromatic carbocycles. The number of aryl methyl sites for hydroxylation is 1. The maximum absolute atomic E-state index is 13.3. The van der Waals surface area contributed by atoms with Crippen molar-refractivity contribution in [3.63, 3.8) is 0 Å². The Bertz CT molecular complexity index is 378. The standard InChI is InChI=1S/C14H22FNO2/c1-11-5-6-12(9-13(11)15)18-8-4-7-14(2,10-17)16-3/h5-6,9,16-17H,4,7-8,10H2,1-3H3. The lowest BCUT2D eigenvalue weighted by molar-refractivity contribution is 0.163. The monoisotopic (exact) mass is 255 g/mol. The Hall–Kier alpha value is -1.13. The molecule has 1 unspecified atom stereocenters. The van der Waals surface area contributed by atoms with Gasteiger partial charge in [0.25, 0.3) is 0 Å². The fraction of sp³-hybridized carbons (Fsp3) is 0.571. The minimum absolute atomic E-state index is 0.0860. The van der Waals surface area contributed by atoms with Crippen molar-refractivity contribution in [1.82, 2.24) is 5.32 Å². The fourth-order valence-electron chi connectivity index (χ4n) is 1.60. The number of hydrogen-bond donors (Lipinski definition) is 2. The number of aliphatic hydroxyl groups is 1. The van der Waals surface area contributed by atoms with Crippen molar-refractivity contribution in [3.05, 3.63) is 29.6 Å². The predicted molar refractivity (Wildman–Crippen MR) is 70.4 cm³/mol. The molecule has 0 fully saturated rings. The van der Waals surface area contributed by atoms with Crippen molar-refractivity contribution < 1.29 is 14.2 Å². The maximum Gasteiger partial charge on any atom is 0.129 e. The number of nitrogens with one attached hydrogen (secondary N) is 1. The summed E-state index contributed by atoms with van der Waals surface area (Å²) in [5.74, 6) is 0.302. The molecule has 102 valence electrons. The van der Waals surface area contributed by atoms with E-state index in [0.29, 0.717) is 17.9 Å². The van der Waals surface area contributed by atoms with Gasteiger partial charge in [-0.15, -0.1) is 0 Å². The Morgan fingerprint density at radius 2 is 2.17 bits per heavy atom. The number of ether oxygens (including phenoxy) is 1. The van der Waals surface area contributed by atoms with Crippen LogP contribution in [0.4, 0.5) is 4.39 Å². The number of aliphatic hydroxyl groups excluding tert-OH is 1. The SMILES string of the molecule is CNC(C)(CO)CCCOc1ccc(C)c(F)c1. The van der Waals surface area contributed by atoms with E-state index in [4.69, 9.17) is 4.74 Å². The molecule has 2 N–H and O–H groups in total. The zero-order chi connectivity index (χ0) is 13.6. The third-order valence-corrected chi connectivity index (χ3v) is 3.24. The highest BCUT2D eigenvalue weighted by Gasteiger charge is 2.19. The molecule has 0 saturated heterocycles. The minimum atomic E-state index is -0.276. The highest BCUT2D eigenvalue weighted by Crippen LogP contribution is 2.17. The average Bonchev–Trinajstić information content (AvgIpc) is 2.38. The minimum Gasteiger partial charge on any atom is -0.493 e. The molecule has 0 heterocycles. The summed E-state index contributed by atoms with van der Waals surface area (Å²) < 4.78 is 18.7. The third-order valence-electron chi connectivity index (χ3n) is 3.24. The van der Waals surface area contributed by atoms with Crippen LogP contribution in [0.2, 0.25) is 0 Å². The number of halogens is 1. The van der Waals surface area contributed by atoms with Gasteiger partial charge in [0.05, 0.1) is 13.2 Å². The van der Waals surface area contributed by atoms with Crippen LogP contribution in [0.3, 0.4) is 0 Å². The number of likely N-dealkylation sites (N-methyl/N-ethyl adjacent to an activating group) is 1. The van der Waals surface area contributed by atoms with Gasteiger partial charge in [-0.1, -0.05) is 6.07 Å². The summed E-state index contributed by atoms with van der Waals surface area (Å²) in [7, 11) is 1.83. The number of benzene rings is 1. The van der Waals surface area contributed by atoms with E-state index in [1.54, 1.807) is 19.1 Å². The normalized spacial score (nSPS) is 14.3. The van der Waals surface area contributed by atoms with E-state index in [0.717, 1.165) is 12.8 Å². The van der Waals surface area contributed by atoms with Crippen molar-refractivity contribution in [2.24, 2.45) is 0 Å². The molecular formula is C14H22FNO2. The zero-order valence-electron chi connectivity index (χ0n) is 11.3. The molecule has 0 aliphatic carbocycles. The van der Waals surface area contributed by atoms with Gasteiger partial charge >= 0.3 is 0 Å². The van der Waals surface area contributed by atoms with Crippen molar-refractivity contribution in [2.75, 3.05) is 20.3 Å². The molecule has 4 heteroatoms. The van der Waals surface area contributed by atoms with E-state index in [2.05, 4.69) is 5.32 Å². The van der Waals surface area contributed by atoms with E-state index < -0.39 is 0 Å². The Morgan fingerprint density at radius 3 is 2.72 bits per heavy atom. The Morgan fingerprint density at radius 1 is 1.44 bits per heavy atom. The number of rotatable bonds is 7. The first-order valence-corrected chi connectivity index (χ1v) is 6.19. The molecule has 0 aliphatic heterocycles. The number of hydrogen-bond acceptors (Lipinski definition) is 3. The molecule has 1 atom stereocenters. The van der Waals surface area contributed by atoms with E-state index in [-0.39, 0.29) is 18.0 Å². The van der Waals surface area contributed by atoms with Gasteiger partial charge in [-0.05, 0) is 45.4 Å². The van der Waals surface area contributed by atoms with Crippen LogP contribution in [-0.2, 0) is 0 Å². The van der Waals surface area contributed by atoms with Crippen molar-refractivity contribution in [1.29, 1.82) is 0 Å². The summed E-state index contributed by atoms with van der Waals surface area (Å²) in [6, 6.07) is 4.87. The molecule has 0 aromatic heterocycles. The Labute approximate surface area is 108 Å². The zero-order valence-corrected chi connectivity index (χ0v) is 11.3. The molecular weight excluding hydrogens is 233 g/mol. The second-order valence-corrected chi connectivity index (χ2v) is 4.83. The van der Waals surface area contributed by atoms with Crippen LogP contribution in [0.25, 0.3) is 0 Å². The Kier molecular flexibility index (Phi) is 5.56. The molecule has 0 saturated carbocycles. The van der Waals surface area contributed by atoms with Crippen LogP contribution >= 0.6 is 0 Å². The van der Waals surface area contributed by atoms with E-state index in [9.17, 15) is 9.50 Å². The average molecular weight is 255 g/mol. The highest BCUT2D eigenvalue weighted by atomic mass is 19.1. The molecule has 0 aliphatic rings. The first kappa shape index (κ1) is 14.9. The lowest BCUT2D eigenvalue weighted by atomic mass is 9.97. The molecule has 0 bridgehead atoms. The Balaban J connectivity index is 2.36. The topological polar surface area (TPSA) is 41.5 Å². The molecule has 1 aromatic rings. The van der Waals surface area contributed by atoms with E-state index in [1.807, 2.05) is 14.0 Å². The van der Waals surface area contributed by atoms with Crippen molar-refractivity contribution in [3.8, 4) is 5.75 Å². The van der Waals surface area contributed by atoms with Gasteiger partial charge in [0.2, 0.25) is 0 Å². The van der Waals surface area contributed by atoms with Crippen LogP contribution in [0.15, 0.2) is 18.2 Å². The molecule has 0 spiro atoms. The van der Waals surface area contributed by atoms with Gasteiger partial charge in [0.15, 0.2) is 0 Å². The summed E-state index contributed by atoms with van der Waals surface area (Å²) >= 11 is 0. The highest BCUT2D eigenvalue weighted by molar-refractivity contribution is 5.27. The van der Waals surface area contributed by atoms with Crippen LogP contribution in [0, 0.1) is 12.7 Å². The quantitative estimate of drug-likeness (QED) is 0.734. The summed E-state index contributed by atoms with van der Waals surface area (Å²) in [4.78, 5) is 0. The van der Waals surface area contributed by atoms with E-state index in [1.165, 1.54) is 6.07 Å². The van der Waals surface area contributed by atoms with Gasteiger partial charge in [-0.3, -0.25) is 0 Å². The molecule has 0 radical (unpaired) electrons. The summed E-state index contributed by atoms with van der Waals surface area (Å²) in [6.07, 6.45) is 1.60. The van der Waals surface area contributed by atoms with Crippen LogP contribution < -0.4 is 10.1 Å².